The minimum Gasteiger partial charge on any atom is -0.444 e. The van der Waals surface area contributed by atoms with Crippen LogP contribution in [0.3, 0.4) is 0 Å². The van der Waals surface area contributed by atoms with Crippen LogP contribution in [0.5, 0.6) is 0 Å². The van der Waals surface area contributed by atoms with Crippen LogP contribution in [0.2, 0.25) is 0 Å². The second kappa shape index (κ2) is 7.61. The molecule has 1 unspecified atom stereocenters. The molecule has 1 heterocycles. The van der Waals surface area contributed by atoms with Crippen LogP contribution in [-0.4, -0.2) is 62.4 Å². The maximum atomic E-state index is 11.6. The SMILES string of the molecule is CC(CNC(=O)OC(C)(C)C)NC1CCN(S(C)(=O)=O)CC1. The number of carbonyl (C=O) groups is 1. The Labute approximate surface area is 133 Å². The zero-order chi connectivity index (χ0) is 17.0. The van der Waals surface area contributed by atoms with Crippen molar-refractivity contribution in [3.8, 4) is 0 Å². The topological polar surface area (TPSA) is 87.7 Å². The quantitative estimate of drug-likeness (QED) is 0.780. The number of carbonyl (C=O) groups excluding carboxylic acids is 1. The molecule has 1 saturated heterocycles. The van der Waals surface area contributed by atoms with E-state index >= 15 is 0 Å². The van der Waals surface area contributed by atoms with Crippen molar-refractivity contribution in [3.63, 3.8) is 0 Å². The summed E-state index contributed by atoms with van der Waals surface area (Å²) in [4.78, 5) is 11.6. The van der Waals surface area contributed by atoms with Gasteiger partial charge in [-0.05, 0) is 40.5 Å². The molecule has 1 aliphatic heterocycles. The fourth-order valence-corrected chi connectivity index (χ4v) is 3.24. The smallest absolute Gasteiger partial charge is 0.407 e. The van der Waals surface area contributed by atoms with E-state index in [-0.39, 0.29) is 12.1 Å². The molecule has 0 radical (unpaired) electrons. The molecule has 0 aliphatic carbocycles. The summed E-state index contributed by atoms with van der Waals surface area (Å²) in [5.41, 5.74) is -0.501. The normalized spacial score (nSPS) is 19.7. The average Bonchev–Trinajstić information content (AvgIpc) is 2.34. The van der Waals surface area contributed by atoms with Crippen molar-refractivity contribution in [1.82, 2.24) is 14.9 Å². The number of ether oxygens (including phenoxy) is 1. The summed E-state index contributed by atoms with van der Waals surface area (Å²) in [5.74, 6) is 0. The minimum absolute atomic E-state index is 0.0994. The number of hydrogen-bond donors (Lipinski definition) is 2. The number of rotatable bonds is 5. The summed E-state index contributed by atoms with van der Waals surface area (Å²) in [5, 5.41) is 6.15. The zero-order valence-corrected chi connectivity index (χ0v) is 15.0. The van der Waals surface area contributed by atoms with Crippen molar-refractivity contribution in [1.29, 1.82) is 0 Å². The molecule has 22 heavy (non-hydrogen) atoms. The summed E-state index contributed by atoms with van der Waals surface area (Å²) in [6.45, 7) is 9.02. The molecule has 130 valence electrons. The predicted octanol–water partition coefficient (Wildman–Crippen LogP) is 0.913. The highest BCUT2D eigenvalue weighted by Gasteiger charge is 2.25. The Hall–Kier alpha value is -0.860. The summed E-state index contributed by atoms with van der Waals surface area (Å²) in [7, 11) is -3.08. The summed E-state index contributed by atoms with van der Waals surface area (Å²) >= 11 is 0. The summed E-state index contributed by atoms with van der Waals surface area (Å²) in [6.07, 6.45) is 2.38. The second-order valence-corrected chi connectivity index (χ2v) is 8.87. The van der Waals surface area contributed by atoms with E-state index in [2.05, 4.69) is 10.6 Å². The van der Waals surface area contributed by atoms with Gasteiger partial charge in [0.05, 0.1) is 6.26 Å². The molecule has 0 saturated carbocycles. The van der Waals surface area contributed by atoms with Gasteiger partial charge in [-0.3, -0.25) is 0 Å². The van der Waals surface area contributed by atoms with Crippen LogP contribution >= 0.6 is 0 Å². The largest absolute Gasteiger partial charge is 0.444 e. The molecular formula is C14H29N3O4S. The molecule has 1 fully saturated rings. The fraction of sp³-hybridized carbons (Fsp3) is 0.929. The van der Waals surface area contributed by atoms with Gasteiger partial charge in [-0.2, -0.15) is 0 Å². The van der Waals surface area contributed by atoms with E-state index in [1.807, 2.05) is 27.7 Å². The number of alkyl carbamates (subject to hydrolysis) is 1. The maximum absolute atomic E-state index is 11.6. The van der Waals surface area contributed by atoms with Crippen molar-refractivity contribution in [2.24, 2.45) is 0 Å². The van der Waals surface area contributed by atoms with E-state index in [0.717, 1.165) is 12.8 Å². The first-order valence-electron chi connectivity index (χ1n) is 7.65. The molecule has 1 aliphatic rings. The third kappa shape index (κ3) is 7.42. The van der Waals surface area contributed by atoms with E-state index in [0.29, 0.717) is 19.6 Å². The monoisotopic (exact) mass is 335 g/mol. The Balaban J connectivity index is 2.27. The first-order chi connectivity index (χ1) is 9.97. The molecular weight excluding hydrogens is 306 g/mol. The Morgan fingerprint density at radius 1 is 1.32 bits per heavy atom. The van der Waals surface area contributed by atoms with Gasteiger partial charge < -0.3 is 15.4 Å². The van der Waals surface area contributed by atoms with E-state index in [9.17, 15) is 13.2 Å². The van der Waals surface area contributed by atoms with Crippen molar-refractivity contribution in [2.45, 2.75) is 58.2 Å². The third-order valence-electron chi connectivity index (χ3n) is 3.39. The first kappa shape index (κ1) is 19.2. The lowest BCUT2D eigenvalue weighted by Crippen LogP contribution is -2.49. The number of nitrogens with one attached hydrogen (secondary N) is 2. The van der Waals surface area contributed by atoms with Gasteiger partial charge in [0.1, 0.15) is 5.60 Å². The lowest BCUT2D eigenvalue weighted by molar-refractivity contribution is 0.0522. The minimum atomic E-state index is -3.08. The van der Waals surface area contributed by atoms with E-state index in [1.165, 1.54) is 10.6 Å². The fourth-order valence-electron chi connectivity index (χ4n) is 2.37. The third-order valence-corrected chi connectivity index (χ3v) is 4.70. The molecule has 1 amide bonds. The Kier molecular flexibility index (Phi) is 6.64. The van der Waals surface area contributed by atoms with Crippen LogP contribution in [0.1, 0.15) is 40.5 Å². The highest BCUT2D eigenvalue weighted by molar-refractivity contribution is 7.88. The average molecular weight is 335 g/mol. The van der Waals surface area contributed by atoms with Gasteiger partial charge in [-0.1, -0.05) is 0 Å². The highest BCUT2D eigenvalue weighted by Crippen LogP contribution is 2.13. The van der Waals surface area contributed by atoms with Gasteiger partial charge in [-0.25, -0.2) is 17.5 Å². The lowest BCUT2D eigenvalue weighted by atomic mass is 10.1. The molecule has 8 heteroatoms. The first-order valence-corrected chi connectivity index (χ1v) is 9.50. The van der Waals surface area contributed by atoms with Crippen LogP contribution < -0.4 is 10.6 Å². The molecule has 7 nitrogen and oxygen atoms in total. The van der Waals surface area contributed by atoms with Gasteiger partial charge in [0, 0.05) is 31.7 Å². The van der Waals surface area contributed by atoms with Crippen LogP contribution in [0.4, 0.5) is 4.79 Å². The number of nitrogens with zero attached hydrogens (tertiary/aromatic N) is 1. The molecule has 0 bridgehead atoms. The van der Waals surface area contributed by atoms with E-state index < -0.39 is 21.7 Å². The molecule has 2 N–H and O–H groups in total. The van der Waals surface area contributed by atoms with Crippen LogP contribution in [-0.2, 0) is 14.8 Å². The van der Waals surface area contributed by atoms with Gasteiger partial charge in [0.25, 0.3) is 0 Å². The Morgan fingerprint density at radius 3 is 2.32 bits per heavy atom. The van der Waals surface area contributed by atoms with E-state index in [1.54, 1.807) is 0 Å². The molecule has 1 atom stereocenters. The molecule has 0 aromatic carbocycles. The van der Waals surface area contributed by atoms with Gasteiger partial charge in [0.15, 0.2) is 0 Å². The zero-order valence-electron chi connectivity index (χ0n) is 14.2. The predicted molar refractivity (Wildman–Crippen MR) is 86.3 cm³/mol. The van der Waals surface area contributed by atoms with Gasteiger partial charge >= 0.3 is 6.09 Å². The van der Waals surface area contributed by atoms with Crippen LogP contribution in [0.25, 0.3) is 0 Å². The maximum Gasteiger partial charge on any atom is 0.407 e. The van der Waals surface area contributed by atoms with Gasteiger partial charge in [0.2, 0.25) is 10.0 Å². The van der Waals surface area contributed by atoms with Crippen molar-refractivity contribution >= 4 is 16.1 Å². The van der Waals surface area contributed by atoms with Crippen molar-refractivity contribution < 1.29 is 17.9 Å². The molecule has 1 rings (SSSR count). The second-order valence-electron chi connectivity index (χ2n) is 6.89. The van der Waals surface area contributed by atoms with E-state index in [4.69, 9.17) is 4.74 Å². The Bertz CT molecular complexity index is 465. The highest BCUT2D eigenvalue weighted by atomic mass is 32.2. The summed E-state index contributed by atoms with van der Waals surface area (Å²) in [6, 6.07) is 0.371. The van der Waals surface area contributed by atoms with Gasteiger partial charge in [-0.15, -0.1) is 0 Å². The molecule has 0 aromatic heterocycles. The van der Waals surface area contributed by atoms with Crippen LogP contribution in [0, 0.1) is 0 Å². The molecule has 0 spiro atoms. The number of hydrogen-bond acceptors (Lipinski definition) is 5. The molecule has 0 aromatic rings. The lowest BCUT2D eigenvalue weighted by Gasteiger charge is -2.32. The van der Waals surface area contributed by atoms with Crippen molar-refractivity contribution in [3.05, 3.63) is 0 Å². The standard InChI is InChI=1S/C14H29N3O4S/c1-11(10-15-13(18)21-14(2,3)4)16-12-6-8-17(9-7-12)22(5,19)20/h11-12,16H,6-10H2,1-5H3,(H,15,18). The van der Waals surface area contributed by atoms with Crippen LogP contribution in [0.15, 0.2) is 0 Å². The number of amides is 1. The summed E-state index contributed by atoms with van der Waals surface area (Å²) < 4.78 is 29.6. The van der Waals surface area contributed by atoms with Crippen molar-refractivity contribution in [2.75, 3.05) is 25.9 Å². The Morgan fingerprint density at radius 2 is 1.86 bits per heavy atom. The number of sulfonamides is 1. The number of piperidine rings is 1.